The number of aliphatic hydroxyl groups is 1. The summed E-state index contributed by atoms with van der Waals surface area (Å²) in [5, 5.41) is 13.2. The van der Waals surface area contributed by atoms with Crippen LogP contribution in [-0.4, -0.2) is 86.7 Å². The van der Waals surface area contributed by atoms with Gasteiger partial charge in [-0.05, 0) is 38.0 Å². The van der Waals surface area contributed by atoms with Crippen LogP contribution < -0.4 is 5.32 Å². The van der Waals surface area contributed by atoms with Crippen LogP contribution >= 0.6 is 0 Å². The number of hydrogen-bond donors (Lipinski definition) is 2. The smallest absolute Gasteiger partial charge is 0.251 e. The first-order valence-electron chi connectivity index (χ1n) is 9.79. The van der Waals surface area contributed by atoms with E-state index < -0.39 is 32.2 Å². The molecular formula is C19H28FN3O5S. The van der Waals surface area contributed by atoms with E-state index in [0.717, 1.165) is 25.0 Å². The summed E-state index contributed by atoms with van der Waals surface area (Å²) in [6.07, 6.45) is 1.47. The number of sulfonamides is 1. The fourth-order valence-electron chi connectivity index (χ4n) is 3.58. The lowest BCUT2D eigenvalue weighted by molar-refractivity contribution is -0.0213. The number of nitrogens with zero attached hydrogens (tertiary/aromatic N) is 2. The van der Waals surface area contributed by atoms with E-state index in [9.17, 15) is 22.7 Å². The molecule has 1 atom stereocenters. The molecule has 0 radical (unpaired) electrons. The lowest BCUT2D eigenvalue weighted by atomic mass is 10.1. The Kier molecular flexibility index (Phi) is 6.90. The zero-order valence-corrected chi connectivity index (χ0v) is 17.4. The molecule has 0 saturated carbocycles. The number of carbonyl (C=O) groups excluding carboxylic acids is 1. The minimum atomic E-state index is -3.98. The van der Waals surface area contributed by atoms with Gasteiger partial charge in [-0.15, -0.1) is 0 Å². The molecule has 2 fully saturated rings. The number of morpholine rings is 1. The van der Waals surface area contributed by atoms with E-state index in [1.807, 2.05) is 4.90 Å². The number of halogens is 1. The van der Waals surface area contributed by atoms with Crippen molar-refractivity contribution in [2.75, 3.05) is 52.5 Å². The van der Waals surface area contributed by atoms with Crippen LogP contribution in [0.15, 0.2) is 23.1 Å². The normalized spacial score (nSPS) is 21.1. The predicted octanol–water partition coefficient (Wildman–Crippen LogP) is 0.423. The first-order chi connectivity index (χ1) is 13.7. The highest BCUT2D eigenvalue weighted by Gasteiger charge is 2.31. The summed E-state index contributed by atoms with van der Waals surface area (Å²) in [5.41, 5.74) is -1.14. The number of nitrogens with one attached hydrogen (secondary N) is 1. The molecule has 1 aromatic carbocycles. The van der Waals surface area contributed by atoms with Crippen LogP contribution in [-0.2, 0) is 14.8 Å². The monoisotopic (exact) mass is 429 g/mol. The zero-order valence-electron chi connectivity index (χ0n) is 16.6. The zero-order chi connectivity index (χ0) is 21.1. The van der Waals surface area contributed by atoms with Gasteiger partial charge in [0.1, 0.15) is 10.7 Å². The van der Waals surface area contributed by atoms with Crippen molar-refractivity contribution in [3.63, 3.8) is 0 Å². The van der Waals surface area contributed by atoms with Crippen LogP contribution in [0.3, 0.4) is 0 Å². The van der Waals surface area contributed by atoms with Crippen molar-refractivity contribution in [1.82, 2.24) is 14.5 Å². The molecule has 1 aromatic rings. The third kappa shape index (κ3) is 5.52. The minimum absolute atomic E-state index is 0.0191. The Morgan fingerprint density at radius 1 is 1.24 bits per heavy atom. The third-order valence-corrected chi connectivity index (χ3v) is 7.09. The Balaban J connectivity index is 1.66. The molecule has 29 heavy (non-hydrogen) atoms. The van der Waals surface area contributed by atoms with Crippen LogP contribution in [0.1, 0.15) is 30.1 Å². The topological polar surface area (TPSA) is 99.2 Å². The largest absolute Gasteiger partial charge is 0.387 e. The van der Waals surface area contributed by atoms with E-state index in [2.05, 4.69) is 5.32 Å². The summed E-state index contributed by atoms with van der Waals surface area (Å²) in [7, 11) is -3.98. The lowest BCUT2D eigenvalue weighted by Crippen LogP contribution is -2.51. The van der Waals surface area contributed by atoms with E-state index in [1.165, 1.54) is 10.4 Å². The van der Waals surface area contributed by atoms with Gasteiger partial charge in [0, 0.05) is 44.8 Å². The second-order valence-corrected chi connectivity index (χ2v) is 9.73. The van der Waals surface area contributed by atoms with Crippen molar-refractivity contribution in [1.29, 1.82) is 0 Å². The van der Waals surface area contributed by atoms with Crippen LogP contribution in [0, 0.1) is 5.82 Å². The van der Waals surface area contributed by atoms with Crippen LogP contribution in [0.25, 0.3) is 0 Å². The SMILES string of the molecule is C[C@@](O)(CNC(=O)c1ccc(F)c(S(=O)(=O)N2CCCC2)c1)CN1CCOCC1. The average molecular weight is 430 g/mol. The molecule has 0 aliphatic carbocycles. The van der Waals surface area contributed by atoms with Gasteiger partial charge in [0.2, 0.25) is 10.0 Å². The molecule has 0 aromatic heterocycles. The van der Waals surface area contributed by atoms with Crippen molar-refractivity contribution in [2.45, 2.75) is 30.3 Å². The Bertz CT molecular complexity index is 834. The summed E-state index contributed by atoms with van der Waals surface area (Å²) in [6, 6.07) is 3.29. The Hall–Kier alpha value is -1.59. The summed E-state index contributed by atoms with van der Waals surface area (Å²) < 4.78 is 46.1. The van der Waals surface area contributed by atoms with Gasteiger partial charge in [-0.1, -0.05) is 0 Å². The number of ether oxygens (including phenoxy) is 1. The molecule has 10 heteroatoms. The molecule has 0 spiro atoms. The predicted molar refractivity (Wildman–Crippen MR) is 105 cm³/mol. The molecule has 3 rings (SSSR count). The standard InChI is InChI=1S/C19H28FN3O5S/c1-19(25,14-22-8-10-28-11-9-22)13-21-18(24)15-4-5-16(20)17(12-15)29(26,27)23-6-2-3-7-23/h4-5,12,25H,2-3,6-11,13-14H2,1H3,(H,21,24)/t19-/m1/s1. The number of benzene rings is 1. The van der Waals surface area contributed by atoms with Gasteiger partial charge in [0.05, 0.1) is 18.8 Å². The van der Waals surface area contributed by atoms with E-state index in [-0.39, 0.29) is 12.1 Å². The molecule has 0 bridgehead atoms. The maximum atomic E-state index is 14.2. The van der Waals surface area contributed by atoms with Gasteiger partial charge in [0.15, 0.2) is 0 Å². The molecule has 2 saturated heterocycles. The highest BCUT2D eigenvalue weighted by atomic mass is 32.2. The number of amides is 1. The maximum Gasteiger partial charge on any atom is 0.251 e. The molecule has 2 N–H and O–H groups in total. The Morgan fingerprint density at radius 3 is 2.55 bits per heavy atom. The minimum Gasteiger partial charge on any atom is -0.387 e. The first-order valence-corrected chi connectivity index (χ1v) is 11.2. The number of hydrogen-bond acceptors (Lipinski definition) is 6. The third-order valence-electron chi connectivity index (χ3n) is 5.17. The summed E-state index contributed by atoms with van der Waals surface area (Å²) in [4.78, 5) is 14.1. The van der Waals surface area contributed by atoms with Gasteiger partial charge >= 0.3 is 0 Å². The quantitative estimate of drug-likeness (QED) is 0.652. The van der Waals surface area contributed by atoms with Gasteiger partial charge < -0.3 is 15.2 Å². The molecule has 0 unspecified atom stereocenters. The highest BCUT2D eigenvalue weighted by Crippen LogP contribution is 2.24. The molecule has 2 aliphatic rings. The van der Waals surface area contributed by atoms with Crippen LogP contribution in [0.2, 0.25) is 0 Å². The summed E-state index contributed by atoms with van der Waals surface area (Å²) in [6.45, 7) is 5.30. The fraction of sp³-hybridized carbons (Fsp3) is 0.632. The van der Waals surface area contributed by atoms with Gasteiger partial charge in [0.25, 0.3) is 5.91 Å². The second kappa shape index (κ2) is 9.05. The van der Waals surface area contributed by atoms with Gasteiger partial charge in [-0.2, -0.15) is 4.31 Å². The molecule has 1 amide bonds. The van der Waals surface area contributed by atoms with E-state index in [4.69, 9.17) is 4.74 Å². The average Bonchev–Trinajstić information content (AvgIpc) is 3.22. The second-order valence-electron chi connectivity index (χ2n) is 7.82. The van der Waals surface area contributed by atoms with Crippen molar-refractivity contribution < 1.29 is 27.4 Å². The van der Waals surface area contributed by atoms with Crippen LogP contribution in [0.5, 0.6) is 0 Å². The highest BCUT2D eigenvalue weighted by molar-refractivity contribution is 7.89. The Labute approximate surface area is 170 Å². The van der Waals surface area contributed by atoms with E-state index in [1.54, 1.807) is 6.92 Å². The van der Waals surface area contributed by atoms with Crippen molar-refractivity contribution in [2.24, 2.45) is 0 Å². The van der Waals surface area contributed by atoms with E-state index in [0.29, 0.717) is 45.9 Å². The maximum absolute atomic E-state index is 14.2. The van der Waals surface area contributed by atoms with Gasteiger partial charge in [-0.25, -0.2) is 12.8 Å². The van der Waals surface area contributed by atoms with E-state index >= 15 is 0 Å². The van der Waals surface area contributed by atoms with Gasteiger partial charge in [-0.3, -0.25) is 9.69 Å². The van der Waals surface area contributed by atoms with Crippen LogP contribution in [0.4, 0.5) is 4.39 Å². The lowest BCUT2D eigenvalue weighted by Gasteiger charge is -2.33. The number of rotatable bonds is 7. The molecule has 2 heterocycles. The number of carbonyl (C=O) groups is 1. The summed E-state index contributed by atoms with van der Waals surface area (Å²) in [5.74, 6) is -1.45. The number of β-amino-alcohol motifs (C(OH)–C–C–N with tert-alkyl or cyclic N) is 1. The Morgan fingerprint density at radius 2 is 1.90 bits per heavy atom. The fourth-order valence-corrected chi connectivity index (χ4v) is 5.19. The first kappa shape index (κ1) is 22.1. The van der Waals surface area contributed by atoms with Crippen molar-refractivity contribution >= 4 is 15.9 Å². The summed E-state index contributed by atoms with van der Waals surface area (Å²) >= 11 is 0. The van der Waals surface area contributed by atoms with Crippen molar-refractivity contribution in [3.05, 3.63) is 29.6 Å². The molecular weight excluding hydrogens is 401 g/mol. The molecule has 162 valence electrons. The molecule has 2 aliphatic heterocycles. The molecule has 8 nitrogen and oxygen atoms in total. The van der Waals surface area contributed by atoms with Crippen molar-refractivity contribution in [3.8, 4) is 0 Å².